The number of sulfonamides is 1. The van der Waals surface area contributed by atoms with Gasteiger partial charge in [-0.1, -0.05) is 48.0 Å². The molecule has 0 aromatic heterocycles. The number of Topliss-reactive ketones (excluding diaryl/α,β-unsaturated/α-hetero) is 1. The Hall–Kier alpha value is -2.51. The summed E-state index contributed by atoms with van der Waals surface area (Å²) in [6, 6.07) is 15.7. The van der Waals surface area contributed by atoms with E-state index in [1.807, 2.05) is 25.1 Å². The molecule has 1 heterocycles. The Morgan fingerprint density at radius 2 is 1.73 bits per heavy atom. The maximum Gasteiger partial charge on any atom is 0.240 e. The van der Waals surface area contributed by atoms with Crippen LogP contribution in [0.2, 0.25) is 0 Å². The maximum atomic E-state index is 12.6. The summed E-state index contributed by atoms with van der Waals surface area (Å²) in [6.07, 6.45) is 2.05. The van der Waals surface area contributed by atoms with Gasteiger partial charge in [0.25, 0.3) is 0 Å². The van der Waals surface area contributed by atoms with E-state index < -0.39 is 10.0 Å². The Bertz CT molecular complexity index is 972. The number of nitrogens with zero attached hydrogens (tertiary/aromatic N) is 1. The number of hydrogen-bond acceptors (Lipinski definition) is 4. The number of rotatable bonds is 8. The van der Waals surface area contributed by atoms with E-state index in [2.05, 4.69) is 4.72 Å². The highest BCUT2D eigenvalue weighted by Gasteiger charge is 2.25. The first-order valence-electron chi connectivity index (χ1n) is 10.3. The molecule has 0 bridgehead atoms. The zero-order valence-corrected chi connectivity index (χ0v) is 18.0. The predicted molar refractivity (Wildman–Crippen MR) is 116 cm³/mol. The third-order valence-electron chi connectivity index (χ3n) is 5.43. The molecule has 160 valence electrons. The van der Waals surface area contributed by atoms with E-state index in [0.717, 1.165) is 18.4 Å². The molecule has 0 saturated carbocycles. The SMILES string of the molecule is Cc1ccc(S(=O)(=O)NCC2CCCN(C(=O)CCC(=O)c3ccccc3)C2)cc1. The lowest BCUT2D eigenvalue weighted by atomic mass is 9.97. The lowest BCUT2D eigenvalue weighted by Gasteiger charge is -2.33. The van der Waals surface area contributed by atoms with Crippen molar-refractivity contribution in [1.29, 1.82) is 0 Å². The van der Waals surface area contributed by atoms with Gasteiger partial charge in [0.15, 0.2) is 5.78 Å². The van der Waals surface area contributed by atoms with Gasteiger partial charge in [0.1, 0.15) is 0 Å². The third kappa shape index (κ3) is 6.00. The van der Waals surface area contributed by atoms with E-state index in [1.165, 1.54) is 0 Å². The fourth-order valence-corrected chi connectivity index (χ4v) is 4.75. The number of likely N-dealkylation sites (tertiary alicyclic amines) is 1. The molecule has 6 nitrogen and oxygen atoms in total. The molecule has 1 saturated heterocycles. The number of carbonyl (C=O) groups excluding carboxylic acids is 2. The van der Waals surface area contributed by atoms with Crippen molar-refractivity contribution in [2.45, 2.75) is 37.5 Å². The number of ketones is 1. The second-order valence-corrected chi connectivity index (χ2v) is 9.57. The predicted octanol–water partition coefficient (Wildman–Crippen LogP) is 3.18. The van der Waals surface area contributed by atoms with Crippen molar-refractivity contribution in [1.82, 2.24) is 9.62 Å². The Kier molecular flexibility index (Phi) is 7.39. The number of hydrogen-bond donors (Lipinski definition) is 1. The molecular weight excluding hydrogens is 400 g/mol. The molecule has 1 aliphatic rings. The fourth-order valence-electron chi connectivity index (χ4n) is 3.63. The highest BCUT2D eigenvalue weighted by Crippen LogP contribution is 2.19. The second kappa shape index (κ2) is 10.00. The minimum Gasteiger partial charge on any atom is -0.342 e. The smallest absolute Gasteiger partial charge is 0.240 e. The van der Waals surface area contributed by atoms with Crippen molar-refractivity contribution >= 4 is 21.7 Å². The van der Waals surface area contributed by atoms with Gasteiger partial charge < -0.3 is 4.90 Å². The van der Waals surface area contributed by atoms with Gasteiger partial charge in [-0.25, -0.2) is 13.1 Å². The number of piperidine rings is 1. The first-order chi connectivity index (χ1) is 14.3. The molecule has 2 aromatic rings. The van der Waals surface area contributed by atoms with Gasteiger partial charge in [0.05, 0.1) is 4.90 Å². The second-order valence-electron chi connectivity index (χ2n) is 7.80. The van der Waals surface area contributed by atoms with Crippen LogP contribution in [-0.2, 0) is 14.8 Å². The molecular formula is C23H28N2O4S. The summed E-state index contributed by atoms with van der Waals surface area (Å²) in [5.41, 5.74) is 1.62. The topological polar surface area (TPSA) is 83.6 Å². The minimum atomic E-state index is -3.56. The van der Waals surface area contributed by atoms with E-state index in [0.29, 0.717) is 25.2 Å². The van der Waals surface area contributed by atoms with Crippen molar-refractivity contribution in [2.24, 2.45) is 5.92 Å². The molecule has 0 spiro atoms. The molecule has 7 heteroatoms. The quantitative estimate of drug-likeness (QED) is 0.655. The summed E-state index contributed by atoms with van der Waals surface area (Å²) < 4.78 is 27.6. The molecule has 1 amide bonds. The molecule has 1 unspecified atom stereocenters. The van der Waals surface area contributed by atoms with Crippen LogP contribution in [0.3, 0.4) is 0 Å². The van der Waals surface area contributed by atoms with E-state index in [1.54, 1.807) is 41.3 Å². The van der Waals surface area contributed by atoms with E-state index in [9.17, 15) is 18.0 Å². The van der Waals surface area contributed by atoms with Crippen LogP contribution in [0.25, 0.3) is 0 Å². The first kappa shape index (κ1) is 22.2. The van der Waals surface area contributed by atoms with Crippen LogP contribution in [0.15, 0.2) is 59.5 Å². The van der Waals surface area contributed by atoms with Crippen LogP contribution < -0.4 is 4.72 Å². The standard InChI is InChI=1S/C23H28N2O4S/c1-18-9-11-21(12-10-18)30(28,29)24-16-19-6-5-15-25(17-19)23(27)14-13-22(26)20-7-3-2-4-8-20/h2-4,7-12,19,24H,5-6,13-17H2,1H3. The average molecular weight is 429 g/mol. The maximum absolute atomic E-state index is 12.6. The Morgan fingerprint density at radius 1 is 1.03 bits per heavy atom. The van der Waals surface area contributed by atoms with Crippen molar-refractivity contribution < 1.29 is 18.0 Å². The van der Waals surface area contributed by atoms with Gasteiger partial charge in [-0.3, -0.25) is 9.59 Å². The van der Waals surface area contributed by atoms with Gasteiger partial charge in [0.2, 0.25) is 15.9 Å². The van der Waals surface area contributed by atoms with Gasteiger partial charge in [-0.05, 0) is 37.8 Å². The van der Waals surface area contributed by atoms with Crippen LogP contribution in [0, 0.1) is 12.8 Å². The van der Waals surface area contributed by atoms with Crippen molar-refractivity contribution in [3.05, 3.63) is 65.7 Å². The molecule has 0 aliphatic carbocycles. The summed E-state index contributed by atoms with van der Waals surface area (Å²) in [5, 5.41) is 0. The molecule has 1 aliphatic heterocycles. The third-order valence-corrected chi connectivity index (χ3v) is 6.87. The lowest BCUT2D eigenvalue weighted by molar-refractivity contribution is -0.132. The Balaban J connectivity index is 1.49. The molecule has 30 heavy (non-hydrogen) atoms. The van der Waals surface area contributed by atoms with Crippen LogP contribution in [-0.4, -0.2) is 44.6 Å². The highest BCUT2D eigenvalue weighted by atomic mass is 32.2. The zero-order valence-electron chi connectivity index (χ0n) is 17.2. The van der Waals surface area contributed by atoms with Crippen molar-refractivity contribution in [3.63, 3.8) is 0 Å². The zero-order chi connectivity index (χ0) is 21.6. The van der Waals surface area contributed by atoms with Gasteiger partial charge >= 0.3 is 0 Å². The van der Waals surface area contributed by atoms with Crippen molar-refractivity contribution in [2.75, 3.05) is 19.6 Å². The van der Waals surface area contributed by atoms with Crippen LogP contribution in [0.4, 0.5) is 0 Å². The normalized spacial score (nSPS) is 17.0. The van der Waals surface area contributed by atoms with Gasteiger partial charge in [-0.2, -0.15) is 0 Å². The molecule has 3 rings (SSSR count). The molecule has 1 fully saturated rings. The molecule has 1 N–H and O–H groups in total. The van der Waals surface area contributed by atoms with Crippen LogP contribution in [0.1, 0.15) is 41.6 Å². The first-order valence-corrected chi connectivity index (χ1v) is 11.8. The summed E-state index contributed by atoms with van der Waals surface area (Å²) in [5.74, 6) is -0.0264. The summed E-state index contributed by atoms with van der Waals surface area (Å²) >= 11 is 0. The number of carbonyl (C=O) groups is 2. The number of nitrogens with one attached hydrogen (secondary N) is 1. The van der Waals surface area contributed by atoms with Crippen molar-refractivity contribution in [3.8, 4) is 0 Å². The van der Waals surface area contributed by atoms with E-state index in [4.69, 9.17) is 0 Å². The fraction of sp³-hybridized carbons (Fsp3) is 0.391. The Morgan fingerprint density at radius 3 is 2.43 bits per heavy atom. The monoisotopic (exact) mass is 428 g/mol. The lowest BCUT2D eigenvalue weighted by Crippen LogP contribution is -2.43. The highest BCUT2D eigenvalue weighted by molar-refractivity contribution is 7.89. The number of amides is 1. The number of benzene rings is 2. The molecule has 2 aromatic carbocycles. The van der Waals surface area contributed by atoms with Crippen LogP contribution >= 0.6 is 0 Å². The van der Waals surface area contributed by atoms with Crippen LogP contribution in [0.5, 0.6) is 0 Å². The molecule has 1 atom stereocenters. The average Bonchev–Trinajstić information content (AvgIpc) is 2.77. The van der Waals surface area contributed by atoms with E-state index >= 15 is 0 Å². The van der Waals surface area contributed by atoms with Gasteiger partial charge in [-0.15, -0.1) is 0 Å². The summed E-state index contributed by atoms with van der Waals surface area (Å²) in [6.45, 7) is 3.36. The largest absolute Gasteiger partial charge is 0.342 e. The van der Waals surface area contributed by atoms with E-state index in [-0.39, 0.29) is 35.3 Å². The molecule has 0 radical (unpaired) electrons. The Labute approximate surface area is 178 Å². The summed E-state index contributed by atoms with van der Waals surface area (Å²) in [7, 11) is -3.56. The number of aryl methyl sites for hydroxylation is 1. The summed E-state index contributed by atoms with van der Waals surface area (Å²) in [4.78, 5) is 26.8. The van der Waals surface area contributed by atoms with Gasteiger partial charge in [0, 0.05) is 38.0 Å². The minimum absolute atomic E-state index is 0.0385.